The van der Waals surface area contributed by atoms with Crippen molar-refractivity contribution < 1.29 is 18.8 Å². The van der Waals surface area contributed by atoms with Gasteiger partial charge in [0.05, 0.1) is 16.8 Å². The molecular weight excluding hydrogens is 293 g/mol. The van der Waals surface area contributed by atoms with Gasteiger partial charge in [0.1, 0.15) is 0 Å². The highest BCUT2D eigenvalue weighted by molar-refractivity contribution is 6.54. The van der Waals surface area contributed by atoms with E-state index < -0.39 is 0 Å². The van der Waals surface area contributed by atoms with Gasteiger partial charge in [-0.2, -0.15) is 0 Å². The molecule has 2 rings (SSSR count). The van der Waals surface area contributed by atoms with E-state index in [1.54, 1.807) is 12.0 Å². The van der Waals surface area contributed by atoms with Crippen LogP contribution in [0.4, 0.5) is 0 Å². The molecule has 0 bridgehead atoms. The number of ether oxygens (including phenoxy) is 1. The van der Waals surface area contributed by atoms with Gasteiger partial charge in [0.2, 0.25) is 6.41 Å². The minimum Gasteiger partial charge on any atom is -0.400 e. The molecule has 0 saturated carbocycles. The zero-order valence-corrected chi connectivity index (χ0v) is 15.9. The number of amides is 1. The third kappa shape index (κ3) is 5.62. The summed E-state index contributed by atoms with van der Waals surface area (Å²) in [6, 6.07) is 0. The topological polar surface area (TPSA) is 48.0 Å². The molecule has 0 atom stereocenters. The van der Waals surface area contributed by atoms with Crippen molar-refractivity contribution in [1.82, 2.24) is 4.90 Å². The number of carbonyl (C=O) groups excluding carboxylic acids is 1. The Hall–Kier alpha value is -0.845. The summed E-state index contributed by atoms with van der Waals surface area (Å²) in [7, 11) is 1.45. The van der Waals surface area contributed by atoms with Gasteiger partial charge < -0.3 is 18.9 Å². The van der Waals surface area contributed by atoms with Crippen molar-refractivity contribution in [3.05, 3.63) is 11.5 Å². The van der Waals surface area contributed by atoms with E-state index in [0.717, 1.165) is 24.8 Å². The Balaban J connectivity index is 0.000000379. The predicted molar refractivity (Wildman–Crippen MR) is 93.2 cm³/mol. The first-order valence-corrected chi connectivity index (χ1v) is 8.21. The van der Waals surface area contributed by atoms with Crippen LogP contribution in [0.1, 0.15) is 54.9 Å². The SMILES string of the molecule is CC1(C)OB(C2=CCN(C=O)CC2)OC1(C)C.COC(C)(C)C. The Morgan fingerprint density at radius 3 is 2.00 bits per heavy atom. The zero-order chi connectivity index (χ0) is 17.9. The summed E-state index contributed by atoms with van der Waals surface area (Å²) < 4.78 is 16.9. The van der Waals surface area contributed by atoms with Gasteiger partial charge in [0, 0.05) is 20.2 Å². The van der Waals surface area contributed by atoms with Gasteiger partial charge in [-0.1, -0.05) is 6.08 Å². The van der Waals surface area contributed by atoms with Crippen LogP contribution in [0.15, 0.2) is 11.5 Å². The Kier molecular flexibility index (Phi) is 6.47. The maximum Gasteiger partial charge on any atom is 0.490 e. The van der Waals surface area contributed by atoms with Gasteiger partial charge >= 0.3 is 7.12 Å². The second-order valence-electron chi connectivity index (χ2n) is 8.03. The number of hydrogen-bond donors (Lipinski definition) is 0. The summed E-state index contributed by atoms with van der Waals surface area (Å²) >= 11 is 0. The summed E-state index contributed by atoms with van der Waals surface area (Å²) in [4.78, 5) is 12.4. The molecule has 23 heavy (non-hydrogen) atoms. The molecule has 2 heterocycles. The molecule has 1 fully saturated rings. The van der Waals surface area contributed by atoms with Gasteiger partial charge in [-0.3, -0.25) is 4.79 Å². The fourth-order valence-corrected chi connectivity index (χ4v) is 2.00. The Labute approximate surface area is 141 Å². The average Bonchev–Trinajstić information content (AvgIpc) is 2.67. The Morgan fingerprint density at radius 1 is 1.22 bits per heavy atom. The molecule has 0 N–H and O–H groups in total. The van der Waals surface area contributed by atoms with Crippen molar-refractivity contribution in [3.63, 3.8) is 0 Å². The molecule has 0 aromatic carbocycles. The number of nitrogens with zero attached hydrogens (tertiary/aromatic N) is 1. The predicted octanol–water partition coefficient (Wildman–Crippen LogP) is 2.84. The monoisotopic (exact) mass is 325 g/mol. The first-order valence-electron chi connectivity index (χ1n) is 8.21. The molecule has 2 aliphatic rings. The van der Waals surface area contributed by atoms with E-state index in [9.17, 15) is 4.79 Å². The summed E-state index contributed by atoms with van der Waals surface area (Å²) in [5.74, 6) is 0. The fourth-order valence-electron chi connectivity index (χ4n) is 2.00. The summed E-state index contributed by atoms with van der Waals surface area (Å²) in [5, 5.41) is 0. The lowest BCUT2D eigenvalue weighted by atomic mass is 9.75. The van der Waals surface area contributed by atoms with Crippen LogP contribution in [-0.4, -0.2) is 55.4 Å². The van der Waals surface area contributed by atoms with Crippen LogP contribution in [0.3, 0.4) is 0 Å². The number of carbonyl (C=O) groups is 1. The van der Waals surface area contributed by atoms with E-state index >= 15 is 0 Å². The second kappa shape index (κ2) is 7.37. The molecule has 0 aliphatic carbocycles. The van der Waals surface area contributed by atoms with E-state index in [2.05, 4.69) is 0 Å². The molecule has 0 radical (unpaired) electrons. The summed E-state index contributed by atoms with van der Waals surface area (Å²) in [5.41, 5.74) is 0.613. The fraction of sp³-hybridized carbons (Fsp3) is 0.824. The maximum absolute atomic E-state index is 10.6. The van der Waals surface area contributed by atoms with Gasteiger partial charge in [-0.15, -0.1) is 0 Å². The van der Waals surface area contributed by atoms with Crippen molar-refractivity contribution in [2.24, 2.45) is 0 Å². The van der Waals surface area contributed by atoms with Gasteiger partial charge in [-0.05, 0) is 60.4 Å². The summed E-state index contributed by atoms with van der Waals surface area (Å²) in [6.45, 7) is 15.7. The second-order valence-corrected chi connectivity index (χ2v) is 8.03. The molecule has 2 aliphatic heterocycles. The molecule has 6 heteroatoms. The standard InChI is InChI=1S/C12H20BNO3.C5H12O/c1-11(2)12(3,4)17-13(16-11)10-5-7-14(9-15)8-6-10;1-5(2,3)6-4/h5,9H,6-8H2,1-4H3;1-4H3. The van der Waals surface area contributed by atoms with Crippen LogP contribution in [0.5, 0.6) is 0 Å². The lowest BCUT2D eigenvalue weighted by Crippen LogP contribution is -2.41. The molecule has 0 unspecified atom stereocenters. The van der Waals surface area contributed by atoms with E-state index in [0.29, 0.717) is 6.54 Å². The summed E-state index contributed by atoms with van der Waals surface area (Å²) in [6.07, 6.45) is 3.76. The third-order valence-electron chi connectivity index (χ3n) is 4.59. The highest BCUT2D eigenvalue weighted by Crippen LogP contribution is 2.39. The van der Waals surface area contributed by atoms with E-state index in [1.165, 1.54) is 0 Å². The van der Waals surface area contributed by atoms with E-state index in [1.807, 2.05) is 54.5 Å². The normalized spacial score (nSPS) is 23.0. The van der Waals surface area contributed by atoms with Crippen LogP contribution in [0.25, 0.3) is 0 Å². The highest BCUT2D eigenvalue weighted by atomic mass is 16.7. The third-order valence-corrected chi connectivity index (χ3v) is 4.59. The molecule has 0 aromatic rings. The van der Waals surface area contributed by atoms with Crippen LogP contribution < -0.4 is 0 Å². The van der Waals surface area contributed by atoms with Crippen molar-refractivity contribution in [2.45, 2.75) is 71.7 Å². The van der Waals surface area contributed by atoms with Crippen molar-refractivity contribution in [1.29, 1.82) is 0 Å². The Bertz CT molecular complexity index is 424. The molecule has 0 aromatic heterocycles. The quantitative estimate of drug-likeness (QED) is 0.579. The lowest BCUT2D eigenvalue weighted by Gasteiger charge is -2.32. The minimum atomic E-state index is -0.291. The molecule has 0 spiro atoms. The van der Waals surface area contributed by atoms with Crippen LogP contribution in [0, 0.1) is 0 Å². The first-order chi connectivity index (χ1) is 10.4. The molecule has 5 nitrogen and oxygen atoms in total. The Morgan fingerprint density at radius 2 is 1.70 bits per heavy atom. The number of methoxy groups -OCH3 is 1. The molecule has 132 valence electrons. The number of hydrogen-bond acceptors (Lipinski definition) is 4. The van der Waals surface area contributed by atoms with Crippen LogP contribution in [0.2, 0.25) is 0 Å². The lowest BCUT2D eigenvalue weighted by molar-refractivity contribution is -0.117. The van der Waals surface area contributed by atoms with Crippen LogP contribution >= 0.6 is 0 Å². The maximum atomic E-state index is 10.6. The average molecular weight is 325 g/mol. The smallest absolute Gasteiger partial charge is 0.400 e. The first kappa shape index (κ1) is 20.2. The van der Waals surface area contributed by atoms with Gasteiger partial charge in [0.25, 0.3) is 0 Å². The van der Waals surface area contributed by atoms with Crippen LogP contribution in [-0.2, 0) is 18.8 Å². The number of rotatable bonds is 2. The molecule has 1 saturated heterocycles. The zero-order valence-electron chi connectivity index (χ0n) is 15.9. The van der Waals surface area contributed by atoms with Crippen molar-refractivity contribution >= 4 is 13.5 Å². The van der Waals surface area contributed by atoms with Crippen molar-refractivity contribution in [2.75, 3.05) is 20.2 Å². The van der Waals surface area contributed by atoms with Crippen molar-refractivity contribution in [3.8, 4) is 0 Å². The molecular formula is C17H32BNO4. The molecule has 1 amide bonds. The van der Waals surface area contributed by atoms with E-state index in [-0.39, 0.29) is 23.9 Å². The van der Waals surface area contributed by atoms with Gasteiger partial charge in [0.15, 0.2) is 0 Å². The van der Waals surface area contributed by atoms with Gasteiger partial charge in [-0.25, -0.2) is 0 Å². The minimum absolute atomic E-state index is 0.0417. The largest absolute Gasteiger partial charge is 0.490 e. The highest BCUT2D eigenvalue weighted by Gasteiger charge is 2.52. The van der Waals surface area contributed by atoms with E-state index in [4.69, 9.17) is 14.0 Å².